The molecule has 1 aliphatic carbocycles. The molecular weight excluding hydrogens is 304 g/mol. The summed E-state index contributed by atoms with van der Waals surface area (Å²) in [5.74, 6) is 0.969. The summed E-state index contributed by atoms with van der Waals surface area (Å²) >= 11 is 1.79. The molecule has 122 valence electrons. The van der Waals surface area contributed by atoms with Crippen LogP contribution in [0.25, 0.3) is 10.2 Å². The van der Waals surface area contributed by atoms with Crippen molar-refractivity contribution in [1.29, 1.82) is 0 Å². The van der Waals surface area contributed by atoms with Crippen LogP contribution in [0.3, 0.4) is 0 Å². The Bertz CT molecular complexity index is 751. The van der Waals surface area contributed by atoms with Gasteiger partial charge in [0.25, 0.3) is 0 Å². The summed E-state index contributed by atoms with van der Waals surface area (Å²) in [5, 5.41) is 8.02. The van der Waals surface area contributed by atoms with Crippen molar-refractivity contribution in [3.8, 4) is 0 Å². The number of nitrogens with zero attached hydrogens (tertiary/aromatic N) is 2. The van der Waals surface area contributed by atoms with Gasteiger partial charge in [0.15, 0.2) is 5.13 Å². The zero-order chi connectivity index (χ0) is 16.0. The second-order valence-corrected chi connectivity index (χ2v) is 7.53. The quantitative estimate of drug-likeness (QED) is 0.905. The van der Waals surface area contributed by atoms with E-state index in [1.807, 2.05) is 0 Å². The highest BCUT2D eigenvalue weighted by Gasteiger charge is 2.35. The van der Waals surface area contributed by atoms with Crippen molar-refractivity contribution >= 4 is 26.7 Å². The fourth-order valence-corrected chi connectivity index (χ4v) is 4.90. The van der Waals surface area contributed by atoms with E-state index in [0.29, 0.717) is 12.1 Å². The van der Waals surface area contributed by atoms with Gasteiger partial charge in [0.05, 0.1) is 16.3 Å². The number of nitrogens with one attached hydrogen (secondary N) is 2. The zero-order valence-electron chi connectivity index (χ0n) is 13.9. The van der Waals surface area contributed by atoms with Crippen LogP contribution in [0, 0.1) is 0 Å². The summed E-state index contributed by atoms with van der Waals surface area (Å²) in [6, 6.07) is 5.27. The van der Waals surface area contributed by atoms with E-state index >= 15 is 0 Å². The first kappa shape index (κ1) is 15.0. The topological polar surface area (TPSA) is 40.2 Å². The van der Waals surface area contributed by atoms with Gasteiger partial charge in [-0.1, -0.05) is 30.9 Å². The normalized spacial score (nSPS) is 23.6. The summed E-state index contributed by atoms with van der Waals surface area (Å²) in [6.07, 6.45) is 3.64. The van der Waals surface area contributed by atoms with Crippen molar-refractivity contribution in [2.75, 3.05) is 18.0 Å². The molecule has 1 aromatic carbocycles. The number of thiazole rings is 1. The average Bonchev–Trinajstić information content (AvgIpc) is 3.20. The highest BCUT2D eigenvalue weighted by atomic mass is 32.1. The summed E-state index contributed by atoms with van der Waals surface area (Å²) in [4.78, 5) is 7.32. The summed E-state index contributed by atoms with van der Waals surface area (Å²) in [6.45, 7) is 10.5. The van der Waals surface area contributed by atoms with E-state index in [2.05, 4.69) is 48.1 Å². The third-order valence-corrected chi connectivity index (χ3v) is 6.05. The number of aryl methyl sites for hydroxylation is 2. The first-order chi connectivity index (χ1) is 11.2. The van der Waals surface area contributed by atoms with Gasteiger partial charge < -0.3 is 10.6 Å². The molecule has 2 unspecified atom stereocenters. The zero-order valence-corrected chi connectivity index (χ0v) is 14.7. The largest absolute Gasteiger partial charge is 0.367 e. The fraction of sp³-hybridized carbons (Fsp3) is 0.500. The minimum absolute atomic E-state index is 0.357. The minimum atomic E-state index is 0.357. The van der Waals surface area contributed by atoms with E-state index in [0.717, 1.165) is 24.0 Å². The molecule has 0 amide bonds. The second kappa shape index (κ2) is 5.80. The first-order valence-electron chi connectivity index (χ1n) is 8.55. The van der Waals surface area contributed by atoms with Crippen molar-refractivity contribution in [1.82, 2.24) is 15.6 Å². The Kier molecular flexibility index (Phi) is 3.77. The van der Waals surface area contributed by atoms with Crippen molar-refractivity contribution in [2.45, 2.75) is 45.2 Å². The predicted molar refractivity (Wildman–Crippen MR) is 98.2 cm³/mol. The van der Waals surface area contributed by atoms with Crippen molar-refractivity contribution in [2.24, 2.45) is 0 Å². The lowest BCUT2D eigenvalue weighted by atomic mass is 10.1. The molecule has 4 rings (SSSR count). The molecule has 2 aromatic rings. The number of rotatable bonds is 4. The van der Waals surface area contributed by atoms with Crippen LogP contribution in [0.4, 0.5) is 5.13 Å². The Balaban J connectivity index is 1.74. The molecule has 1 saturated heterocycles. The van der Waals surface area contributed by atoms with Crippen LogP contribution in [0.15, 0.2) is 24.5 Å². The van der Waals surface area contributed by atoms with Crippen molar-refractivity contribution in [3.63, 3.8) is 0 Å². The average molecular weight is 328 g/mol. The fourth-order valence-electron chi connectivity index (χ4n) is 3.82. The molecule has 2 heterocycles. The summed E-state index contributed by atoms with van der Waals surface area (Å²) in [5.41, 5.74) is 4.18. The molecule has 5 heteroatoms. The van der Waals surface area contributed by atoms with Gasteiger partial charge in [0.1, 0.15) is 5.82 Å². The van der Waals surface area contributed by atoms with Gasteiger partial charge in [-0.3, -0.25) is 4.90 Å². The Labute approximate surface area is 141 Å². The molecule has 0 radical (unpaired) electrons. The van der Waals surface area contributed by atoms with Gasteiger partial charge in [0.2, 0.25) is 0 Å². The molecule has 2 aliphatic rings. The maximum Gasteiger partial charge on any atom is 0.192 e. The number of benzene rings is 1. The summed E-state index contributed by atoms with van der Waals surface area (Å²) in [7, 11) is 0. The van der Waals surface area contributed by atoms with Crippen LogP contribution >= 0.6 is 11.3 Å². The molecule has 4 nitrogen and oxygen atoms in total. The number of fused-ring (bicyclic) bond motifs is 3. The summed E-state index contributed by atoms with van der Waals surface area (Å²) < 4.78 is 1.30. The number of aromatic nitrogens is 1. The highest BCUT2D eigenvalue weighted by molar-refractivity contribution is 7.22. The Morgan fingerprint density at radius 2 is 2.30 bits per heavy atom. The molecule has 1 fully saturated rings. The van der Waals surface area contributed by atoms with E-state index in [9.17, 15) is 0 Å². The molecule has 0 spiro atoms. The molecule has 2 atom stereocenters. The van der Waals surface area contributed by atoms with Crippen LogP contribution in [0.5, 0.6) is 0 Å². The van der Waals surface area contributed by atoms with E-state index in [1.165, 1.54) is 40.6 Å². The molecule has 23 heavy (non-hydrogen) atoms. The van der Waals surface area contributed by atoms with Gasteiger partial charge >= 0.3 is 0 Å². The Hall–Kier alpha value is -1.59. The van der Waals surface area contributed by atoms with Gasteiger partial charge in [-0.25, -0.2) is 4.98 Å². The van der Waals surface area contributed by atoms with Gasteiger partial charge in [-0.05, 0) is 49.9 Å². The third-order valence-electron chi connectivity index (χ3n) is 5.03. The second-order valence-electron chi connectivity index (χ2n) is 6.52. The molecule has 2 N–H and O–H groups in total. The van der Waals surface area contributed by atoms with Crippen LogP contribution in [-0.2, 0) is 12.8 Å². The maximum absolute atomic E-state index is 5.03. The van der Waals surface area contributed by atoms with Crippen molar-refractivity contribution in [3.05, 3.63) is 35.7 Å². The van der Waals surface area contributed by atoms with Crippen molar-refractivity contribution < 1.29 is 0 Å². The van der Waals surface area contributed by atoms with E-state index in [1.54, 1.807) is 11.3 Å². The lowest BCUT2D eigenvalue weighted by Crippen LogP contribution is -2.42. The standard InChI is InChI=1S/C18H24N4S/c1-4-19-10-15-11(2)20-12(3)22(15)18-21-17-14-7-5-6-13(14)8-9-16(17)23-18/h8-9,11,15,19-20H,3-7,10H2,1-2H3. The monoisotopic (exact) mass is 328 g/mol. The predicted octanol–water partition coefficient (Wildman–Crippen LogP) is 3.03. The lowest BCUT2D eigenvalue weighted by molar-refractivity contribution is 0.527. The number of anilines is 1. The maximum atomic E-state index is 5.03. The highest BCUT2D eigenvalue weighted by Crippen LogP contribution is 2.38. The lowest BCUT2D eigenvalue weighted by Gasteiger charge is -2.24. The smallest absolute Gasteiger partial charge is 0.192 e. The first-order valence-corrected chi connectivity index (χ1v) is 9.37. The van der Waals surface area contributed by atoms with E-state index < -0.39 is 0 Å². The third kappa shape index (κ3) is 2.42. The number of likely N-dealkylation sites (N-methyl/N-ethyl adjacent to an activating group) is 1. The molecule has 1 aromatic heterocycles. The van der Waals surface area contributed by atoms with Gasteiger partial charge in [-0.2, -0.15) is 0 Å². The van der Waals surface area contributed by atoms with Crippen LogP contribution in [-0.4, -0.2) is 30.2 Å². The molecule has 0 bridgehead atoms. The van der Waals surface area contributed by atoms with Crippen LogP contribution < -0.4 is 15.5 Å². The number of hydrogen-bond donors (Lipinski definition) is 2. The van der Waals surface area contributed by atoms with Crippen LogP contribution in [0.1, 0.15) is 31.4 Å². The number of hydrogen-bond acceptors (Lipinski definition) is 5. The Morgan fingerprint density at radius 3 is 3.13 bits per heavy atom. The molecular formula is C18H24N4S. The van der Waals surface area contributed by atoms with Crippen LogP contribution in [0.2, 0.25) is 0 Å². The molecule has 1 aliphatic heterocycles. The SMILES string of the molecule is C=C1NC(C)C(CNCC)N1c1nc2c3c(ccc2s1)CCC3. The van der Waals surface area contributed by atoms with E-state index in [-0.39, 0.29) is 0 Å². The minimum Gasteiger partial charge on any atom is -0.367 e. The van der Waals surface area contributed by atoms with Gasteiger partial charge in [-0.15, -0.1) is 0 Å². The van der Waals surface area contributed by atoms with E-state index in [4.69, 9.17) is 4.98 Å². The Morgan fingerprint density at radius 1 is 1.43 bits per heavy atom. The molecule has 0 saturated carbocycles. The van der Waals surface area contributed by atoms with Gasteiger partial charge in [0, 0.05) is 12.6 Å².